The first-order chi connectivity index (χ1) is 8.82. The molecule has 1 aromatic rings. The second-order valence-corrected chi connectivity index (χ2v) is 4.20. The van der Waals surface area contributed by atoms with Gasteiger partial charge in [-0.3, -0.25) is 4.79 Å². The maximum Gasteiger partial charge on any atom is 0.426 e. The number of alkyl halides is 3. The molecule has 104 valence electrons. The summed E-state index contributed by atoms with van der Waals surface area (Å²) in [5.41, 5.74) is 0.425. The number of hydrogen-bond donors (Lipinski definition) is 1. The van der Waals surface area contributed by atoms with Crippen LogP contribution in [0.3, 0.4) is 0 Å². The number of carboxylic acids is 1. The van der Waals surface area contributed by atoms with Crippen LogP contribution in [0.4, 0.5) is 13.2 Å². The fourth-order valence-electron chi connectivity index (χ4n) is 2.01. The Hall–Kier alpha value is -1.92. The van der Waals surface area contributed by atoms with Gasteiger partial charge in [0.2, 0.25) is 6.10 Å². The van der Waals surface area contributed by atoms with Gasteiger partial charge >= 0.3 is 12.1 Å². The largest absolute Gasteiger partial charge is 0.497 e. The van der Waals surface area contributed by atoms with Crippen molar-refractivity contribution in [1.29, 1.82) is 0 Å². The van der Waals surface area contributed by atoms with Crippen molar-refractivity contribution in [2.24, 2.45) is 5.92 Å². The molecule has 0 unspecified atom stereocenters. The van der Waals surface area contributed by atoms with E-state index in [1.54, 1.807) is 6.07 Å². The van der Waals surface area contributed by atoms with Gasteiger partial charge in [-0.05, 0) is 18.1 Å². The lowest BCUT2D eigenvalue weighted by Crippen LogP contribution is -2.47. The van der Waals surface area contributed by atoms with Crippen molar-refractivity contribution in [3.63, 3.8) is 0 Å². The molecule has 2 atom stereocenters. The predicted molar refractivity (Wildman–Crippen MR) is 58.3 cm³/mol. The number of fused-ring (bicyclic) bond motifs is 1. The van der Waals surface area contributed by atoms with Gasteiger partial charge in [0.15, 0.2) is 0 Å². The molecule has 0 bridgehead atoms. The summed E-state index contributed by atoms with van der Waals surface area (Å²) >= 11 is 0. The number of hydrogen-bond acceptors (Lipinski definition) is 3. The Kier molecular flexibility index (Phi) is 3.30. The Labute approximate surface area is 106 Å². The van der Waals surface area contributed by atoms with Gasteiger partial charge in [-0.1, -0.05) is 6.07 Å². The van der Waals surface area contributed by atoms with E-state index in [1.807, 2.05) is 0 Å². The van der Waals surface area contributed by atoms with E-state index < -0.39 is 24.2 Å². The number of carbonyl (C=O) groups is 1. The number of halogens is 3. The highest BCUT2D eigenvalue weighted by atomic mass is 19.4. The molecular formula is C12H11F3O4. The average molecular weight is 276 g/mol. The molecule has 1 aliphatic rings. The molecular weight excluding hydrogens is 265 g/mol. The zero-order valence-corrected chi connectivity index (χ0v) is 9.90. The lowest BCUT2D eigenvalue weighted by Gasteiger charge is -2.32. The van der Waals surface area contributed by atoms with Gasteiger partial charge in [0.05, 0.1) is 7.11 Å². The van der Waals surface area contributed by atoms with Gasteiger partial charge in [-0.2, -0.15) is 13.2 Å². The molecule has 0 radical (unpaired) electrons. The fourth-order valence-corrected chi connectivity index (χ4v) is 2.01. The van der Waals surface area contributed by atoms with Crippen LogP contribution in [-0.4, -0.2) is 30.5 Å². The first-order valence-electron chi connectivity index (χ1n) is 5.46. The van der Waals surface area contributed by atoms with Crippen molar-refractivity contribution < 1.29 is 32.5 Å². The normalized spacial score (nSPS) is 22.3. The maximum absolute atomic E-state index is 12.8. The predicted octanol–water partition coefficient (Wildman–Crippen LogP) is 2.26. The van der Waals surface area contributed by atoms with Gasteiger partial charge in [0, 0.05) is 6.07 Å². The molecule has 2 rings (SSSR count). The van der Waals surface area contributed by atoms with E-state index in [9.17, 15) is 18.0 Å². The Balaban J connectivity index is 2.39. The maximum atomic E-state index is 12.8. The highest BCUT2D eigenvalue weighted by molar-refractivity contribution is 5.72. The van der Waals surface area contributed by atoms with Gasteiger partial charge in [0.1, 0.15) is 17.4 Å². The van der Waals surface area contributed by atoms with E-state index in [0.717, 1.165) is 0 Å². The zero-order valence-electron chi connectivity index (χ0n) is 9.90. The topological polar surface area (TPSA) is 55.8 Å². The molecule has 0 amide bonds. The van der Waals surface area contributed by atoms with Gasteiger partial charge in [-0.15, -0.1) is 0 Å². The van der Waals surface area contributed by atoms with Crippen molar-refractivity contribution >= 4 is 5.97 Å². The van der Waals surface area contributed by atoms with Gasteiger partial charge in [-0.25, -0.2) is 0 Å². The van der Waals surface area contributed by atoms with E-state index in [-0.39, 0.29) is 12.2 Å². The van der Waals surface area contributed by atoms with E-state index in [2.05, 4.69) is 0 Å². The number of methoxy groups -OCH3 is 1. The summed E-state index contributed by atoms with van der Waals surface area (Å²) in [4.78, 5) is 10.9. The minimum Gasteiger partial charge on any atom is -0.497 e. The van der Waals surface area contributed by atoms with E-state index >= 15 is 0 Å². The van der Waals surface area contributed by atoms with Crippen molar-refractivity contribution in [3.05, 3.63) is 23.8 Å². The third kappa shape index (κ3) is 2.59. The minimum atomic E-state index is -4.73. The van der Waals surface area contributed by atoms with Crippen LogP contribution in [0, 0.1) is 5.92 Å². The zero-order chi connectivity index (χ0) is 14.2. The third-order valence-electron chi connectivity index (χ3n) is 2.97. The summed E-state index contributed by atoms with van der Waals surface area (Å²) in [6.45, 7) is 0. The standard InChI is InChI=1S/C12H11F3O4/c1-18-7-3-2-6-4-8(11(16)17)10(12(13,14)15)19-9(6)5-7/h2-3,5,8,10H,4H2,1H3,(H,16,17)/t8-,10-/m0/s1. The number of rotatable bonds is 2. The fraction of sp³-hybridized carbons (Fsp3) is 0.417. The molecule has 0 saturated heterocycles. The first kappa shape index (κ1) is 13.5. The molecule has 0 fully saturated rings. The lowest BCUT2D eigenvalue weighted by atomic mass is 9.90. The second-order valence-electron chi connectivity index (χ2n) is 4.20. The van der Waals surface area contributed by atoms with Crippen LogP contribution in [0.1, 0.15) is 5.56 Å². The molecule has 0 aromatic heterocycles. The Bertz CT molecular complexity index is 498. The molecule has 7 heteroatoms. The molecule has 0 saturated carbocycles. The van der Waals surface area contributed by atoms with Crippen LogP contribution >= 0.6 is 0 Å². The summed E-state index contributed by atoms with van der Waals surface area (Å²) in [5.74, 6) is -2.79. The SMILES string of the molecule is COc1ccc2c(c1)O[C@H](C(F)(F)F)[C@@H](C(=O)O)C2. The van der Waals surface area contributed by atoms with Crippen LogP contribution in [-0.2, 0) is 11.2 Å². The van der Waals surface area contributed by atoms with Gasteiger partial charge < -0.3 is 14.6 Å². The summed E-state index contributed by atoms with van der Waals surface area (Å²) in [6, 6.07) is 4.39. The molecule has 1 aliphatic heterocycles. The minimum absolute atomic E-state index is 0.0131. The number of carboxylic acid groups (broad SMARTS) is 1. The van der Waals surface area contributed by atoms with Crippen molar-refractivity contribution in [1.82, 2.24) is 0 Å². The molecule has 1 N–H and O–H groups in total. The number of ether oxygens (including phenoxy) is 2. The summed E-state index contributed by atoms with van der Waals surface area (Å²) in [7, 11) is 1.38. The first-order valence-corrected chi connectivity index (χ1v) is 5.46. The Morgan fingerprint density at radius 2 is 2.16 bits per heavy atom. The third-order valence-corrected chi connectivity index (χ3v) is 2.97. The quantitative estimate of drug-likeness (QED) is 0.900. The highest BCUT2D eigenvalue weighted by Gasteiger charge is 2.52. The van der Waals surface area contributed by atoms with Gasteiger partial charge in [0.25, 0.3) is 0 Å². The summed E-state index contributed by atoms with van der Waals surface area (Å²) in [6.07, 6.45) is -7.30. The molecule has 4 nitrogen and oxygen atoms in total. The summed E-state index contributed by atoms with van der Waals surface area (Å²) < 4.78 is 48.2. The van der Waals surface area contributed by atoms with Crippen LogP contribution in [0.15, 0.2) is 18.2 Å². The van der Waals surface area contributed by atoms with E-state index in [4.69, 9.17) is 14.6 Å². The highest BCUT2D eigenvalue weighted by Crippen LogP contribution is 2.39. The molecule has 1 aromatic carbocycles. The van der Waals surface area contributed by atoms with Crippen LogP contribution in [0.5, 0.6) is 11.5 Å². The Morgan fingerprint density at radius 3 is 2.68 bits per heavy atom. The molecule has 1 heterocycles. The van der Waals surface area contributed by atoms with Crippen molar-refractivity contribution in [3.8, 4) is 11.5 Å². The van der Waals surface area contributed by atoms with Crippen molar-refractivity contribution in [2.75, 3.05) is 7.11 Å². The van der Waals surface area contributed by atoms with Crippen LogP contribution < -0.4 is 9.47 Å². The van der Waals surface area contributed by atoms with E-state index in [1.165, 1.54) is 19.2 Å². The monoisotopic (exact) mass is 276 g/mol. The van der Waals surface area contributed by atoms with Crippen molar-refractivity contribution in [2.45, 2.75) is 18.7 Å². The molecule has 19 heavy (non-hydrogen) atoms. The smallest absolute Gasteiger partial charge is 0.426 e. The number of aliphatic carboxylic acids is 1. The molecule has 0 spiro atoms. The molecule has 0 aliphatic carbocycles. The second kappa shape index (κ2) is 4.64. The average Bonchev–Trinajstić information content (AvgIpc) is 2.35. The Morgan fingerprint density at radius 1 is 1.47 bits per heavy atom. The van der Waals surface area contributed by atoms with Crippen LogP contribution in [0.25, 0.3) is 0 Å². The summed E-state index contributed by atoms with van der Waals surface area (Å²) in [5, 5.41) is 8.89. The van der Waals surface area contributed by atoms with Crippen LogP contribution in [0.2, 0.25) is 0 Å². The number of benzene rings is 1. The van der Waals surface area contributed by atoms with E-state index in [0.29, 0.717) is 11.3 Å². The lowest BCUT2D eigenvalue weighted by molar-refractivity contribution is -0.217.